The molecule has 2 aromatic carbocycles. The number of fused-ring (bicyclic) bond motifs is 1. The van der Waals surface area contributed by atoms with Gasteiger partial charge in [-0.3, -0.25) is 4.79 Å². The third-order valence-electron chi connectivity index (χ3n) is 4.04. The van der Waals surface area contributed by atoms with Crippen molar-refractivity contribution in [2.24, 2.45) is 0 Å². The summed E-state index contributed by atoms with van der Waals surface area (Å²) >= 11 is 0. The number of ether oxygens (including phenoxy) is 3. The summed E-state index contributed by atoms with van der Waals surface area (Å²) < 4.78 is 21.1. The van der Waals surface area contributed by atoms with Gasteiger partial charge in [0, 0.05) is 5.39 Å². The summed E-state index contributed by atoms with van der Waals surface area (Å²) in [6, 6.07) is 14.4. The van der Waals surface area contributed by atoms with E-state index < -0.39 is 11.9 Å². The number of furan rings is 1. The molecule has 3 rings (SSSR count). The van der Waals surface area contributed by atoms with Crippen molar-refractivity contribution in [1.82, 2.24) is 0 Å². The van der Waals surface area contributed by atoms with Crippen LogP contribution in [0.25, 0.3) is 11.0 Å². The van der Waals surface area contributed by atoms with E-state index in [9.17, 15) is 9.59 Å². The fourth-order valence-electron chi connectivity index (χ4n) is 2.72. The number of carbonyl (C=O) groups is 2. The van der Waals surface area contributed by atoms with Crippen LogP contribution in [-0.4, -0.2) is 25.7 Å². The normalized spacial score (nSPS) is 10.6. The van der Waals surface area contributed by atoms with Crippen molar-refractivity contribution >= 4 is 22.9 Å². The molecule has 0 saturated carbocycles. The summed E-state index contributed by atoms with van der Waals surface area (Å²) in [7, 11) is 1.58. The molecule has 0 bridgehead atoms. The number of rotatable bonds is 7. The van der Waals surface area contributed by atoms with Crippen LogP contribution in [0.4, 0.5) is 0 Å². The molecule has 0 aliphatic rings. The highest BCUT2D eigenvalue weighted by Gasteiger charge is 2.22. The minimum Gasteiger partial charge on any atom is -0.497 e. The smallest absolute Gasteiger partial charge is 0.374 e. The molecule has 6 heteroatoms. The molecular formula is C21H20O6. The lowest BCUT2D eigenvalue weighted by Crippen LogP contribution is -2.11. The van der Waals surface area contributed by atoms with Gasteiger partial charge in [-0.2, -0.15) is 0 Å². The van der Waals surface area contributed by atoms with Crippen molar-refractivity contribution in [1.29, 1.82) is 0 Å². The van der Waals surface area contributed by atoms with Gasteiger partial charge in [0.15, 0.2) is 0 Å². The molecule has 0 saturated heterocycles. The van der Waals surface area contributed by atoms with Crippen molar-refractivity contribution in [3.8, 4) is 5.75 Å². The van der Waals surface area contributed by atoms with Gasteiger partial charge in [0.25, 0.3) is 0 Å². The highest BCUT2D eigenvalue weighted by atomic mass is 16.5. The quantitative estimate of drug-likeness (QED) is 0.589. The molecule has 140 valence electrons. The first-order valence-electron chi connectivity index (χ1n) is 8.58. The number of hydrogen-bond acceptors (Lipinski definition) is 6. The minimum absolute atomic E-state index is 0.0651. The highest BCUT2D eigenvalue weighted by molar-refractivity contribution is 5.96. The molecule has 1 heterocycles. The lowest BCUT2D eigenvalue weighted by atomic mass is 10.1. The van der Waals surface area contributed by atoms with Crippen LogP contribution in [0.15, 0.2) is 52.9 Å². The predicted octanol–water partition coefficient (Wildman–Crippen LogP) is 3.90. The molecule has 3 aromatic rings. The van der Waals surface area contributed by atoms with Crippen LogP contribution in [0.5, 0.6) is 5.75 Å². The molecule has 0 aliphatic carbocycles. The van der Waals surface area contributed by atoms with Gasteiger partial charge in [-0.15, -0.1) is 0 Å². The predicted molar refractivity (Wildman–Crippen MR) is 98.7 cm³/mol. The van der Waals surface area contributed by atoms with E-state index in [0.29, 0.717) is 11.1 Å². The van der Waals surface area contributed by atoms with Crippen LogP contribution >= 0.6 is 0 Å². The number of methoxy groups -OCH3 is 1. The molecule has 1 aromatic heterocycles. The fraction of sp³-hybridized carbons (Fsp3) is 0.238. The largest absolute Gasteiger partial charge is 0.497 e. The Bertz CT molecular complexity index is 939. The zero-order valence-electron chi connectivity index (χ0n) is 15.2. The van der Waals surface area contributed by atoms with Crippen molar-refractivity contribution in [2.45, 2.75) is 20.0 Å². The number of para-hydroxylation sites is 1. The van der Waals surface area contributed by atoms with E-state index in [-0.39, 0.29) is 25.4 Å². The van der Waals surface area contributed by atoms with Crippen LogP contribution in [0.3, 0.4) is 0 Å². The summed E-state index contributed by atoms with van der Waals surface area (Å²) in [5, 5.41) is 0.720. The van der Waals surface area contributed by atoms with Crippen LogP contribution in [0, 0.1) is 0 Å². The average Bonchev–Trinajstić information content (AvgIpc) is 3.06. The molecule has 27 heavy (non-hydrogen) atoms. The van der Waals surface area contributed by atoms with E-state index in [4.69, 9.17) is 18.6 Å². The summed E-state index contributed by atoms with van der Waals surface area (Å²) in [6.45, 7) is 1.88. The van der Waals surface area contributed by atoms with Crippen molar-refractivity contribution in [2.75, 3.05) is 13.7 Å². The Morgan fingerprint density at radius 3 is 2.44 bits per heavy atom. The second-order valence-electron chi connectivity index (χ2n) is 5.81. The molecule has 6 nitrogen and oxygen atoms in total. The maximum atomic E-state index is 12.2. The lowest BCUT2D eigenvalue weighted by Gasteiger charge is -2.07. The zero-order chi connectivity index (χ0) is 19.2. The van der Waals surface area contributed by atoms with Gasteiger partial charge in [0.05, 0.1) is 25.7 Å². The fourth-order valence-corrected chi connectivity index (χ4v) is 2.72. The van der Waals surface area contributed by atoms with Crippen LogP contribution < -0.4 is 4.74 Å². The lowest BCUT2D eigenvalue weighted by molar-refractivity contribution is -0.144. The Morgan fingerprint density at radius 1 is 1.00 bits per heavy atom. The van der Waals surface area contributed by atoms with Crippen molar-refractivity contribution in [3.63, 3.8) is 0 Å². The van der Waals surface area contributed by atoms with Gasteiger partial charge >= 0.3 is 11.9 Å². The standard InChI is InChI=1S/C21H20O6/c1-3-25-21(23)20-17(16-6-4-5-7-18(16)27-20)13-26-19(22)12-14-8-10-15(24-2)11-9-14/h4-11H,3,12-13H2,1-2H3. The molecule has 0 fully saturated rings. The summed E-state index contributed by atoms with van der Waals surface area (Å²) in [5.74, 6) is -0.193. The molecule has 0 radical (unpaired) electrons. The summed E-state index contributed by atoms with van der Waals surface area (Å²) in [4.78, 5) is 24.4. The van der Waals surface area contributed by atoms with Gasteiger partial charge in [-0.25, -0.2) is 4.79 Å². The molecule has 0 N–H and O–H groups in total. The topological polar surface area (TPSA) is 75.0 Å². The second-order valence-corrected chi connectivity index (χ2v) is 5.81. The monoisotopic (exact) mass is 368 g/mol. The van der Waals surface area contributed by atoms with Crippen molar-refractivity contribution < 1.29 is 28.2 Å². The third kappa shape index (κ3) is 4.28. The van der Waals surface area contributed by atoms with Gasteiger partial charge in [0.1, 0.15) is 17.9 Å². The Balaban J connectivity index is 1.74. The second kappa shape index (κ2) is 8.40. The maximum Gasteiger partial charge on any atom is 0.374 e. The van der Waals surface area contributed by atoms with Gasteiger partial charge in [0.2, 0.25) is 5.76 Å². The molecule has 0 unspecified atom stereocenters. The zero-order valence-corrected chi connectivity index (χ0v) is 15.2. The molecule has 0 atom stereocenters. The Kier molecular flexibility index (Phi) is 5.76. The number of hydrogen-bond donors (Lipinski definition) is 0. The first-order valence-corrected chi connectivity index (χ1v) is 8.58. The van der Waals surface area contributed by atoms with E-state index in [1.807, 2.05) is 12.1 Å². The first-order chi connectivity index (χ1) is 13.1. The Morgan fingerprint density at radius 2 is 1.74 bits per heavy atom. The van der Waals surface area contributed by atoms with Crippen molar-refractivity contribution in [3.05, 3.63) is 65.4 Å². The first kappa shape index (κ1) is 18.5. The maximum absolute atomic E-state index is 12.2. The Hall–Kier alpha value is -3.28. The van der Waals surface area contributed by atoms with E-state index in [2.05, 4.69) is 0 Å². The van der Waals surface area contributed by atoms with Crippen LogP contribution in [0.2, 0.25) is 0 Å². The van der Waals surface area contributed by atoms with E-state index >= 15 is 0 Å². The summed E-state index contributed by atoms with van der Waals surface area (Å²) in [6.07, 6.45) is 0.120. The van der Waals surface area contributed by atoms with E-state index in [1.165, 1.54) is 0 Å². The number of carbonyl (C=O) groups excluding carboxylic acids is 2. The molecule has 0 aliphatic heterocycles. The summed E-state index contributed by atoms with van der Waals surface area (Å²) in [5.41, 5.74) is 1.86. The van der Waals surface area contributed by atoms with Crippen LogP contribution in [-0.2, 0) is 27.3 Å². The van der Waals surface area contributed by atoms with Gasteiger partial charge in [-0.1, -0.05) is 30.3 Å². The Labute approximate surface area is 156 Å². The number of esters is 2. The average molecular weight is 368 g/mol. The minimum atomic E-state index is -0.574. The third-order valence-corrected chi connectivity index (χ3v) is 4.04. The molecule has 0 spiro atoms. The van der Waals surface area contributed by atoms with Gasteiger partial charge < -0.3 is 18.6 Å². The molecular weight excluding hydrogens is 348 g/mol. The van der Waals surface area contributed by atoms with E-state index in [1.54, 1.807) is 50.4 Å². The van der Waals surface area contributed by atoms with Gasteiger partial charge in [-0.05, 0) is 30.7 Å². The number of benzene rings is 2. The SMILES string of the molecule is CCOC(=O)c1oc2ccccc2c1COC(=O)Cc1ccc(OC)cc1. The molecule has 0 amide bonds. The highest BCUT2D eigenvalue weighted by Crippen LogP contribution is 2.27. The van der Waals surface area contributed by atoms with Crippen LogP contribution in [0.1, 0.15) is 28.6 Å². The van der Waals surface area contributed by atoms with E-state index in [0.717, 1.165) is 16.7 Å².